The van der Waals surface area contributed by atoms with Gasteiger partial charge in [0.25, 0.3) is 0 Å². The monoisotopic (exact) mass is 492 g/mol. The first-order valence-corrected chi connectivity index (χ1v) is 13.3. The van der Waals surface area contributed by atoms with E-state index in [4.69, 9.17) is 0 Å². The molecule has 1 aliphatic heterocycles. The fraction of sp³-hybridized carbons (Fsp3) is 0.294. The minimum absolute atomic E-state index is 0.0582. The first-order chi connectivity index (χ1) is 17.9. The number of hydrogen-bond acceptors (Lipinski definition) is 2. The molecule has 5 rings (SSSR count). The van der Waals surface area contributed by atoms with Crippen molar-refractivity contribution in [1.82, 2.24) is 9.80 Å². The van der Waals surface area contributed by atoms with Crippen molar-refractivity contribution < 1.29 is 4.39 Å². The van der Waals surface area contributed by atoms with Gasteiger partial charge in [0.05, 0.1) is 5.54 Å². The first-order valence-electron chi connectivity index (χ1n) is 13.3. The zero-order valence-electron chi connectivity index (χ0n) is 22.2. The molecule has 2 nitrogen and oxygen atoms in total. The zero-order valence-corrected chi connectivity index (χ0v) is 22.2. The highest BCUT2D eigenvalue weighted by Crippen LogP contribution is 2.44. The molecule has 0 saturated carbocycles. The van der Waals surface area contributed by atoms with Crippen LogP contribution in [0.1, 0.15) is 52.6 Å². The summed E-state index contributed by atoms with van der Waals surface area (Å²) in [6.45, 7) is 7.76. The maximum Gasteiger partial charge on any atom is 0.126 e. The molecule has 0 bridgehead atoms. The molecule has 0 aliphatic carbocycles. The molecule has 2 atom stereocenters. The van der Waals surface area contributed by atoms with Crippen molar-refractivity contribution in [3.8, 4) is 0 Å². The molecule has 3 heteroatoms. The fourth-order valence-corrected chi connectivity index (χ4v) is 6.14. The largest absolute Gasteiger partial charge is 0.293 e. The van der Waals surface area contributed by atoms with Crippen molar-refractivity contribution in [3.05, 3.63) is 142 Å². The third-order valence-electron chi connectivity index (χ3n) is 7.97. The minimum atomic E-state index is -0.269. The van der Waals surface area contributed by atoms with E-state index in [0.717, 1.165) is 43.7 Å². The second-order valence-corrected chi connectivity index (χ2v) is 10.8. The molecular weight excluding hydrogens is 455 g/mol. The lowest BCUT2D eigenvalue weighted by Gasteiger charge is -2.51. The molecule has 0 radical (unpaired) electrons. The van der Waals surface area contributed by atoms with Gasteiger partial charge in [-0.2, -0.15) is 0 Å². The Morgan fingerprint density at radius 1 is 0.865 bits per heavy atom. The molecule has 0 saturated heterocycles. The van der Waals surface area contributed by atoms with E-state index in [9.17, 15) is 0 Å². The summed E-state index contributed by atoms with van der Waals surface area (Å²) in [5.41, 5.74) is 6.99. The molecule has 1 heterocycles. The van der Waals surface area contributed by atoms with Gasteiger partial charge in [0.1, 0.15) is 5.82 Å². The Labute approximate surface area is 221 Å². The molecule has 0 N–H and O–H groups in total. The molecular formula is C34H37FN2. The van der Waals surface area contributed by atoms with Crippen LogP contribution >= 0.6 is 0 Å². The predicted octanol–water partition coefficient (Wildman–Crippen LogP) is 7.67. The number of rotatable bonds is 8. The van der Waals surface area contributed by atoms with Gasteiger partial charge in [-0.25, -0.2) is 4.39 Å². The summed E-state index contributed by atoms with van der Waals surface area (Å²) in [5.74, 6) is -0.0490. The van der Waals surface area contributed by atoms with Crippen molar-refractivity contribution in [3.63, 3.8) is 0 Å². The second-order valence-electron chi connectivity index (χ2n) is 10.8. The zero-order chi connectivity index (χ0) is 25.8. The summed E-state index contributed by atoms with van der Waals surface area (Å²) in [5, 5.41) is 0. The summed E-state index contributed by atoms with van der Waals surface area (Å²) < 4.78 is 15.1. The molecule has 1 aliphatic rings. The van der Waals surface area contributed by atoms with E-state index < -0.39 is 0 Å². The molecule has 0 aromatic heterocycles. The van der Waals surface area contributed by atoms with Crippen LogP contribution in [-0.4, -0.2) is 23.4 Å². The van der Waals surface area contributed by atoms with Crippen LogP contribution in [0.25, 0.3) is 0 Å². The Morgan fingerprint density at radius 2 is 1.51 bits per heavy atom. The summed E-state index contributed by atoms with van der Waals surface area (Å²) in [6, 6.07) is 35.8. The van der Waals surface area contributed by atoms with Gasteiger partial charge < -0.3 is 0 Å². The Morgan fingerprint density at radius 3 is 2.24 bits per heavy atom. The van der Waals surface area contributed by atoms with E-state index in [1.165, 1.54) is 22.3 Å². The first kappa shape index (κ1) is 25.4. The van der Waals surface area contributed by atoms with Crippen LogP contribution in [0.15, 0.2) is 103 Å². The Hall–Kier alpha value is -3.27. The Kier molecular flexibility index (Phi) is 7.55. The van der Waals surface area contributed by atoms with E-state index in [0.29, 0.717) is 0 Å². The molecule has 0 fully saturated rings. The van der Waals surface area contributed by atoms with E-state index in [-0.39, 0.29) is 17.3 Å². The van der Waals surface area contributed by atoms with Crippen LogP contribution in [0.2, 0.25) is 0 Å². The lowest BCUT2D eigenvalue weighted by atomic mass is 9.74. The smallest absolute Gasteiger partial charge is 0.126 e. The van der Waals surface area contributed by atoms with Gasteiger partial charge in [-0.3, -0.25) is 9.80 Å². The van der Waals surface area contributed by atoms with E-state index in [2.05, 4.69) is 109 Å². The standard InChI is InChI=1S/C34H37FN2/c1-26-18-19-33(35)31(20-26)27(2)21-34(36(3)22-28-12-6-4-7-13-28)25-37(23-29-14-8-5-9-15-29)24-30-16-10-11-17-32(30)34/h4-20,27H,21-25H2,1-3H3. The number of hydrogen-bond donors (Lipinski definition) is 0. The van der Waals surface area contributed by atoms with Gasteiger partial charge in [0, 0.05) is 26.2 Å². The summed E-state index contributed by atoms with van der Waals surface area (Å²) in [7, 11) is 2.25. The minimum Gasteiger partial charge on any atom is -0.293 e. The van der Waals surface area contributed by atoms with Crippen LogP contribution in [0.3, 0.4) is 0 Å². The molecule has 190 valence electrons. The number of fused-ring (bicyclic) bond motifs is 1. The molecule has 0 amide bonds. The summed E-state index contributed by atoms with van der Waals surface area (Å²) in [4.78, 5) is 5.08. The van der Waals surface area contributed by atoms with Gasteiger partial charge in [-0.05, 0) is 60.2 Å². The van der Waals surface area contributed by atoms with Gasteiger partial charge >= 0.3 is 0 Å². The highest BCUT2D eigenvalue weighted by molar-refractivity contribution is 5.39. The number of nitrogens with zero attached hydrogens (tertiary/aromatic N) is 2. The van der Waals surface area contributed by atoms with Crippen LogP contribution < -0.4 is 0 Å². The predicted molar refractivity (Wildman–Crippen MR) is 151 cm³/mol. The van der Waals surface area contributed by atoms with E-state index in [1.54, 1.807) is 6.07 Å². The summed E-state index contributed by atoms with van der Waals surface area (Å²) in [6.07, 6.45) is 0.832. The maximum absolute atomic E-state index is 15.1. The SMILES string of the molecule is Cc1ccc(F)c(C(C)CC2(N(C)Cc3ccccc3)CN(Cc3ccccc3)Cc3ccccc32)c1. The van der Waals surface area contributed by atoms with Crippen molar-refractivity contribution >= 4 is 0 Å². The lowest BCUT2D eigenvalue weighted by Crippen LogP contribution is -2.55. The van der Waals surface area contributed by atoms with E-state index in [1.807, 2.05) is 19.1 Å². The van der Waals surface area contributed by atoms with Crippen LogP contribution in [0, 0.1) is 12.7 Å². The third kappa shape index (κ3) is 5.53. The van der Waals surface area contributed by atoms with Crippen molar-refractivity contribution in [2.24, 2.45) is 0 Å². The average Bonchev–Trinajstić information content (AvgIpc) is 2.91. The van der Waals surface area contributed by atoms with Crippen LogP contribution in [0.4, 0.5) is 4.39 Å². The van der Waals surface area contributed by atoms with Gasteiger partial charge in [-0.1, -0.05) is 110 Å². The normalized spacial score (nSPS) is 18.5. The molecule has 4 aromatic carbocycles. The van der Waals surface area contributed by atoms with Crippen LogP contribution in [0.5, 0.6) is 0 Å². The maximum atomic E-state index is 15.1. The van der Waals surface area contributed by atoms with Crippen molar-refractivity contribution in [2.45, 2.75) is 51.4 Å². The quantitative estimate of drug-likeness (QED) is 0.249. The molecule has 37 heavy (non-hydrogen) atoms. The second kappa shape index (κ2) is 11.0. The highest BCUT2D eigenvalue weighted by atomic mass is 19.1. The number of benzene rings is 4. The number of likely N-dealkylation sites (N-methyl/N-ethyl adjacent to an activating group) is 1. The molecule has 0 spiro atoms. The van der Waals surface area contributed by atoms with Crippen LogP contribution in [-0.2, 0) is 25.2 Å². The van der Waals surface area contributed by atoms with Gasteiger partial charge in [-0.15, -0.1) is 0 Å². The van der Waals surface area contributed by atoms with Gasteiger partial charge in [0.15, 0.2) is 0 Å². The fourth-order valence-electron chi connectivity index (χ4n) is 6.14. The Balaban J connectivity index is 1.57. The average molecular weight is 493 g/mol. The third-order valence-corrected chi connectivity index (χ3v) is 7.97. The summed E-state index contributed by atoms with van der Waals surface area (Å²) >= 11 is 0. The highest BCUT2D eigenvalue weighted by Gasteiger charge is 2.44. The number of aryl methyl sites for hydroxylation is 1. The van der Waals surface area contributed by atoms with Crippen molar-refractivity contribution in [2.75, 3.05) is 13.6 Å². The number of halogens is 1. The van der Waals surface area contributed by atoms with E-state index >= 15 is 4.39 Å². The molecule has 4 aromatic rings. The molecule has 2 unspecified atom stereocenters. The van der Waals surface area contributed by atoms with Crippen molar-refractivity contribution in [1.29, 1.82) is 0 Å². The lowest BCUT2D eigenvalue weighted by molar-refractivity contribution is 0.0250. The topological polar surface area (TPSA) is 6.48 Å². The van der Waals surface area contributed by atoms with Gasteiger partial charge in [0.2, 0.25) is 0 Å². The Bertz CT molecular complexity index is 1320.